The van der Waals surface area contributed by atoms with Crippen molar-refractivity contribution in [2.75, 3.05) is 19.6 Å². The van der Waals surface area contributed by atoms with Crippen LogP contribution in [-0.4, -0.2) is 50.5 Å². The number of rotatable bonds is 4. The predicted octanol–water partition coefficient (Wildman–Crippen LogP) is -0.406. The van der Waals surface area contributed by atoms with Gasteiger partial charge in [0.15, 0.2) is 0 Å². The van der Waals surface area contributed by atoms with E-state index in [0.29, 0.717) is 0 Å². The lowest BCUT2D eigenvalue weighted by molar-refractivity contribution is -0.126. The van der Waals surface area contributed by atoms with E-state index >= 15 is 0 Å². The lowest BCUT2D eigenvalue weighted by Crippen LogP contribution is -2.59. The first-order chi connectivity index (χ1) is 8.17. The maximum absolute atomic E-state index is 12.0. The van der Waals surface area contributed by atoms with Crippen LogP contribution in [0, 0.1) is 0 Å². The molecule has 0 saturated carbocycles. The highest BCUT2D eigenvalue weighted by Crippen LogP contribution is 2.16. The molecule has 0 aromatic heterocycles. The van der Waals surface area contributed by atoms with E-state index in [4.69, 9.17) is 0 Å². The van der Waals surface area contributed by atoms with Crippen LogP contribution in [0.15, 0.2) is 0 Å². The van der Waals surface area contributed by atoms with E-state index in [0.717, 1.165) is 4.31 Å². The van der Waals surface area contributed by atoms with Crippen LogP contribution in [0.3, 0.4) is 0 Å². The zero-order chi connectivity index (χ0) is 14.0. The monoisotopic (exact) mass is 289 g/mol. The van der Waals surface area contributed by atoms with Gasteiger partial charge in [-0.3, -0.25) is 4.79 Å². The number of amides is 1. The summed E-state index contributed by atoms with van der Waals surface area (Å²) in [5.74, 6) is -0.499. The molecule has 0 radical (unpaired) electrons. The van der Waals surface area contributed by atoms with Gasteiger partial charge >= 0.3 is 6.18 Å². The van der Waals surface area contributed by atoms with Gasteiger partial charge in [0.05, 0.1) is 0 Å². The van der Waals surface area contributed by atoms with Gasteiger partial charge in [-0.2, -0.15) is 30.6 Å². The van der Waals surface area contributed by atoms with Crippen LogP contribution >= 0.6 is 0 Å². The Hall–Kier alpha value is -0.870. The molecule has 1 unspecified atom stereocenters. The molecule has 1 rings (SSSR count). The first-order valence-corrected chi connectivity index (χ1v) is 6.72. The second kappa shape index (κ2) is 5.41. The maximum Gasteiger partial charge on any atom is 0.402 e. The number of alkyl halides is 3. The summed E-state index contributed by atoms with van der Waals surface area (Å²) in [6.07, 6.45) is -4.44. The average molecular weight is 289 g/mol. The van der Waals surface area contributed by atoms with E-state index in [1.165, 1.54) is 4.72 Å². The molecule has 18 heavy (non-hydrogen) atoms. The Morgan fingerprint density at radius 1 is 1.50 bits per heavy atom. The van der Waals surface area contributed by atoms with Gasteiger partial charge in [-0.05, 0) is 6.42 Å². The van der Waals surface area contributed by atoms with Gasteiger partial charge in [0.25, 0.3) is 10.2 Å². The molecule has 1 fully saturated rings. The number of nitrogens with zero attached hydrogens (tertiary/aromatic N) is 1. The van der Waals surface area contributed by atoms with Gasteiger partial charge in [0.2, 0.25) is 5.91 Å². The Morgan fingerprint density at radius 2 is 2.11 bits per heavy atom. The molecule has 2 N–H and O–H groups in total. The highest BCUT2D eigenvalue weighted by atomic mass is 32.2. The van der Waals surface area contributed by atoms with E-state index in [-0.39, 0.29) is 19.5 Å². The van der Waals surface area contributed by atoms with E-state index in [1.54, 1.807) is 6.92 Å². The smallest absolute Gasteiger partial charge is 0.353 e. The topological polar surface area (TPSA) is 78.5 Å². The van der Waals surface area contributed by atoms with Crippen LogP contribution in [-0.2, 0) is 15.0 Å². The fraction of sp³-hybridized carbons (Fsp3) is 0.875. The molecular weight excluding hydrogens is 275 g/mol. The molecule has 1 heterocycles. The van der Waals surface area contributed by atoms with Crippen LogP contribution in [0.2, 0.25) is 0 Å². The molecule has 0 aromatic rings. The molecule has 1 aliphatic rings. The third kappa shape index (κ3) is 3.82. The zero-order valence-corrected chi connectivity index (χ0v) is 10.4. The number of halogens is 3. The summed E-state index contributed by atoms with van der Waals surface area (Å²) in [7, 11) is -4.31. The van der Waals surface area contributed by atoms with Crippen LogP contribution in [0.5, 0.6) is 0 Å². The van der Waals surface area contributed by atoms with Crippen LogP contribution in [0.25, 0.3) is 0 Å². The molecule has 1 atom stereocenters. The van der Waals surface area contributed by atoms with E-state index in [2.05, 4.69) is 5.32 Å². The Labute approximate surface area is 103 Å². The van der Waals surface area contributed by atoms with Crippen LogP contribution in [0.4, 0.5) is 13.2 Å². The summed E-state index contributed by atoms with van der Waals surface area (Å²) in [5, 5.41) is 2.46. The summed E-state index contributed by atoms with van der Waals surface area (Å²) in [6, 6.07) is -0.968. The van der Waals surface area contributed by atoms with Gasteiger partial charge in [-0.25, -0.2) is 0 Å². The molecular formula is C8H14F3N3O3S. The average Bonchev–Trinajstić information content (AvgIpc) is 2.25. The van der Waals surface area contributed by atoms with Gasteiger partial charge in [-0.15, -0.1) is 0 Å². The highest BCUT2D eigenvalue weighted by molar-refractivity contribution is 7.87. The normalized spacial score (nSPS) is 22.9. The fourth-order valence-corrected chi connectivity index (χ4v) is 3.05. The van der Waals surface area contributed by atoms with Crippen molar-refractivity contribution in [2.45, 2.75) is 25.6 Å². The summed E-state index contributed by atoms with van der Waals surface area (Å²) in [6.45, 7) is -0.0224. The van der Waals surface area contributed by atoms with E-state index in [9.17, 15) is 26.4 Å². The molecule has 0 spiro atoms. The van der Waals surface area contributed by atoms with Crippen molar-refractivity contribution < 1.29 is 26.4 Å². The van der Waals surface area contributed by atoms with E-state index < -0.39 is 34.9 Å². The maximum atomic E-state index is 12.0. The fourth-order valence-electron chi connectivity index (χ4n) is 1.63. The SMILES string of the molecule is CCC1C(=O)NCCN1S(=O)(=O)NCC(F)(F)F. The first kappa shape index (κ1) is 15.2. The Morgan fingerprint density at radius 3 is 2.61 bits per heavy atom. The molecule has 0 aliphatic carbocycles. The Kier molecular flexibility index (Phi) is 4.56. The number of nitrogens with one attached hydrogen (secondary N) is 2. The summed E-state index contributed by atoms with van der Waals surface area (Å²) >= 11 is 0. The minimum absolute atomic E-state index is 0.0442. The van der Waals surface area contributed by atoms with Crippen molar-refractivity contribution in [3.05, 3.63) is 0 Å². The van der Waals surface area contributed by atoms with Gasteiger partial charge < -0.3 is 5.32 Å². The second-order valence-electron chi connectivity index (χ2n) is 3.77. The number of carbonyl (C=O) groups excluding carboxylic acids is 1. The number of hydrogen-bond acceptors (Lipinski definition) is 3. The molecule has 1 amide bonds. The van der Waals surface area contributed by atoms with Crippen molar-refractivity contribution in [1.29, 1.82) is 0 Å². The molecule has 1 aliphatic heterocycles. The molecule has 6 nitrogen and oxygen atoms in total. The molecule has 1 saturated heterocycles. The van der Waals surface area contributed by atoms with Gasteiger partial charge in [0.1, 0.15) is 12.6 Å². The second-order valence-corrected chi connectivity index (χ2v) is 5.47. The zero-order valence-electron chi connectivity index (χ0n) is 9.62. The highest BCUT2D eigenvalue weighted by Gasteiger charge is 2.38. The van der Waals surface area contributed by atoms with Crippen molar-refractivity contribution in [1.82, 2.24) is 14.3 Å². The van der Waals surface area contributed by atoms with Crippen LogP contribution < -0.4 is 10.0 Å². The summed E-state index contributed by atoms with van der Waals surface area (Å²) in [4.78, 5) is 11.4. The minimum Gasteiger partial charge on any atom is -0.353 e. The van der Waals surface area contributed by atoms with Gasteiger partial charge in [-0.1, -0.05) is 6.92 Å². The lowest BCUT2D eigenvalue weighted by atomic mass is 10.2. The van der Waals surface area contributed by atoms with Crippen LogP contribution in [0.1, 0.15) is 13.3 Å². The lowest BCUT2D eigenvalue weighted by Gasteiger charge is -2.33. The van der Waals surface area contributed by atoms with E-state index in [1.807, 2.05) is 0 Å². The van der Waals surface area contributed by atoms with Crippen molar-refractivity contribution >= 4 is 16.1 Å². The first-order valence-electron chi connectivity index (χ1n) is 5.28. The van der Waals surface area contributed by atoms with Crippen molar-refractivity contribution in [3.63, 3.8) is 0 Å². The van der Waals surface area contributed by atoms with Crippen molar-refractivity contribution in [3.8, 4) is 0 Å². The summed E-state index contributed by atoms with van der Waals surface area (Å²) < 4.78 is 61.5. The number of carbonyl (C=O) groups is 1. The molecule has 106 valence electrons. The van der Waals surface area contributed by atoms with Crippen molar-refractivity contribution in [2.24, 2.45) is 0 Å². The molecule has 0 bridgehead atoms. The third-order valence-corrected chi connectivity index (χ3v) is 4.00. The predicted molar refractivity (Wildman–Crippen MR) is 56.8 cm³/mol. The Bertz CT molecular complexity index is 410. The quantitative estimate of drug-likeness (QED) is 0.739. The van der Waals surface area contributed by atoms with Gasteiger partial charge in [0, 0.05) is 13.1 Å². The third-order valence-electron chi connectivity index (χ3n) is 2.43. The standard InChI is InChI=1S/C8H14F3N3O3S/c1-2-6-7(15)12-3-4-14(6)18(16,17)13-5-8(9,10)11/h6,13H,2-5H2,1H3,(H,12,15). The minimum atomic E-state index is -4.63. The largest absolute Gasteiger partial charge is 0.402 e. The molecule has 0 aromatic carbocycles. The summed E-state index contributed by atoms with van der Waals surface area (Å²) in [5.41, 5.74) is 0. The Balaban J connectivity index is 2.79. The number of piperazine rings is 1. The number of hydrogen-bond donors (Lipinski definition) is 2. The molecule has 10 heteroatoms.